The lowest BCUT2D eigenvalue weighted by atomic mass is 10.1. The first kappa shape index (κ1) is 18.0. The zero-order valence-corrected chi connectivity index (χ0v) is 15.7. The molecule has 0 unspecified atom stereocenters. The van der Waals surface area contributed by atoms with Crippen molar-refractivity contribution in [1.29, 1.82) is 0 Å². The third-order valence-electron chi connectivity index (χ3n) is 5.37. The summed E-state index contributed by atoms with van der Waals surface area (Å²) in [6.07, 6.45) is 3.32. The van der Waals surface area contributed by atoms with E-state index in [1.54, 1.807) is 22.8 Å². The Morgan fingerprint density at radius 1 is 1.07 bits per heavy atom. The molecule has 0 bridgehead atoms. The van der Waals surface area contributed by atoms with Crippen LogP contribution in [0.4, 0.5) is 4.39 Å². The molecule has 4 heterocycles. The third-order valence-corrected chi connectivity index (χ3v) is 5.37. The first-order valence-corrected chi connectivity index (χ1v) is 9.57. The summed E-state index contributed by atoms with van der Waals surface area (Å²) in [5, 5.41) is 0.562. The van der Waals surface area contributed by atoms with Crippen LogP contribution in [-0.2, 0) is 22.4 Å². The lowest BCUT2D eigenvalue weighted by molar-refractivity contribution is -0.165. The van der Waals surface area contributed by atoms with E-state index in [1.165, 1.54) is 12.3 Å². The van der Waals surface area contributed by atoms with Crippen molar-refractivity contribution < 1.29 is 13.9 Å². The number of hydrogen-bond donors (Lipinski definition) is 0. The summed E-state index contributed by atoms with van der Waals surface area (Å²) in [7, 11) is 0. The predicted molar refractivity (Wildman–Crippen MR) is 104 cm³/mol. The Bertz CT molecular complexity index is 1200. The molecule has 0 saturated carbocycles. The Labute approximate surface area is 166 Å². The van der Waals surface area contributed by atoms with E-state index in [4.69, 9.17) is 14.5 Å². The Balaban J connectivity index is 1.50. The van der Waals surface area contributed by atoms with Crippen LogP contribution in [0.5, 0.6) is 0 Å². The molecule has 0 N–H and O–H groups in total. The lowest BCUT2D eigenvalue weighted by Gasteiger charge is -2.24. The van der Waals surface area contributed by atoms with Crippen molar-refractivity contribution in [3.8, 4) is 11.8 Å². The van der Waals surface area contributed by atoms with Crippen LogP contribution in [0.2, 0.25) is 0 Å². The number of halogens is 1. The van der Waals surface area contributed by atoms with E-state index < -0.39 is 11.7 Å². The maximum atomic E-state index is 13.0. The summed E-state index contributed by atoms with van der Waals surface area (Å²) in [4.78, 5) is 21.3. The molecule has 7 heteroatoms. The highest BCUT2D eigenvalue weighted by atomic mass is 19.1. The maximum absolute atomic E-state index is 13.0. The molecule has 1 spiro atoms. The van der Waals surface area contributed by atoms with Gasteiger partial charge in [0.1, 0.15) is 5.82 Å². The van der Waals surface area contributed by atoms with Gasteiger partial charge in [0, 0.05) is 43.1 Å². The second-order valence-corrected chi connectivity index (χ2v) is 7.19. The SMILES string of the molecule is O=c1c2ccc(C#Cc3ccc(F)nc3)cc2nc2n1CCC1(CC2)OCCO1. The standard InChI is InChI=1S/C22H18FN3O3/c23-19-6-4-16(14-24-19)2-1-15-3-5-17-18(13-15)25-20-7-8-22(28-11-12-29-22)9-10-26(20)21(17)27/h3-6,13-14H,7-12H2. The first-order valence-electron chi connectivity index (χ1n) is 9.57. The summed E-state index contributed by atoms with van der Waals surface area (Å²) in [6.45, 7) is 1.70. The van der Waals surface area contributed by atoms with Gasteiger partial charge in [0.25, 0.3) is 5.56 Å². The van der Waals surface area contributed by atoms with E-state index >= 15 is 0 Å². The summed E-state index contributed by atoms with van der Waals surface area (Å²) in [6, 6.07) is 8.21. The fraction of sp³-hybridized carbons (Fsp3) is 0.318. The number of aromatic nitrogens is 3. The van der Waals surface area contributed by atoms with E-state index in [0.717, 1.165) is 11.4 Å². The lowest BCUT2D eigenvalue weighted by Crippen LogP contribution is -2.31. The molecule has 2 aromatic heterocycles. The average Bonchev–Trinajstić information content (AvgIpc) is 3.12. The molecule has 1 aromatic carbocycles. The molecule has 1 saturated heterocycles. The minimum absolute atomic E-state index is 0.0534. The van der Waals surface area contributed by atoms with Crippen molar-refractivity contribution in [2.24, 2.45) is 0 Å². The Hall–Kier alpha value is -3.08. The van der Waals surface area contributed by atoms with Crippen LogP contribution in [0.1, 0.15) is 29.8 Å². The van der Waals surface area contributed by atoms with Gasteiger partial charge in [0.2, 0.25) is 5.95 Å². The highest BCUT2D eigenvalue weighted by Crippen LogP contribution is 2.31. The molecule has 1 fully saturated rings. The van der Waals surface area contributed by atoms with Crippen molar-refractivity contribution in [3.05, 3.63) is 69.8 Å². The van der Waals surface area contributed by atoms with E-state index in [2.05, 4.69) is 16.8 Å². The van der Waals surface area contributed by atoms with Gasteiger partial charge in [-0.15, -0.1) is 0 Å². The van der Waals surface area contributed by atoms with Crippen molar-refractivity contribution >= 4 is 10.9 Å². The van der Waals surface area contributed by atoms with Crippen LogP contribution in [0.3, 0.4) is 0 Å². The zero-order chi connectivity index (χ0) is 19.8. The van der Waals surface area contributed by atoms with Gasteiger partial charge < -0.3 is 9.47 Å². The van der Waals surface area contributed by atoms with Gasteiger partial charge in [-0.2, -0.15) is 4.39 Å². The fourth-order valence-electron chi connectivity index (χ4n) is 3.86. The molecule has 2 aliphatic rings. The fourth-order valence-corrected chi connectivity index (χ4v) is 3.86. The molecular weight excluding hydrogens is 373 g/mol. The van der Waals surface area contributed by atoms with Gasteiger partial charge >= 0.3 is 0 Å². The molecule has 0 aliphatic carbocycles. The number of pyridine rings is 1. The van der Waals surface area contributed by atoms with Crippen LogP contribution in [0.25, 0.3) is 10.9 Å². The summed E-state index contributed by atoms with van der Waals surface area (Å²) in [5.74, 6) is 5.58. The van der Waals surface area contributed by atoms with Gasteiger partial charge in [-0.05, 0) is 30.3 Å². The maximum Gasteiger partial charge on any atom is 0.261 e. The monoisotopic (exact) mass is 391 g/mol. The molecular formula is C22H18FN3O3. The number of benzene rings is 1. The molecule has 146 valence electrons. The normalized spacial score (nSPS) is 17.6. The van der Waals surface area contributed by atoms with Gasteiger partial charge in [0.15, 0.2) is 5.79 Å². The second-order valence-electron chi connectivity index (χ2n) is 7.19. The second kappa shape index (κ2) is 7.07. The molecule has 29 heavy (non-hydrogen) atoms. The van der Waals surface area contributed by atoms with Gasteiger partial charge in [-0.3, -0.25) is 9.36 Å². The minimum Gasteiger partial charge on any atom is -0.347 e. The quantitative estimate of drug-likeness (QED) is 0.435. The molecule has 0 radical (unpaired) electrons. The Kier molecular flexibility index (Phi) is 4.38. The van der Waals surface area contributed by atoms with E-state index in [9.17, 15) is 9.18 Å². The van der Waals surface area contributed by atoms with Crippen molar-refractivity contribution in [3.63, 3.8) is 0 Å². The summed E-state index contributed by atoms with van der Waals surface area (Å²) in [5.41, 5.74) is 1.91. The molecule has 2 aliphatic heterocycles. The van der Waals surface area contributed by atoms with E-state index in [0.29, 0.717) is 55.5 Å². The highest BCUT2D eigenvalue weighted by Gasteiger charge is 2.38. The van der Waals surface area contributed by atoms with Crippen LogP contribution in [0, 0.1) is 17.8 Å². The Morgan fingerprint density at radius 2 is 1.86 bits per heavy atom. The van der Waals surface area contributed by atoms with Gasteiger partial charge in [-0.25, -0.2) is 9.97 Å². The van der Waals surface area contributed by atoms with Crippen LogP contribution >= 0.6 is 0 Å². The molecule has 0 amide bonds. The van der Waals surface area contributed by atoms with Crippen molar-refractivity contribution in [1.82, 2.24) is 14.5 Å². The Morgan fingerprint density at radius 3 is 2.66 bits per heavy atom. The van der Waals surface area contributed by atoms with E-state index in [-0.39, 0.29) is 5.56 Å². The zero-order valence-electron chi connectivity index (χ0n) is 15.7. The number of nitrogens with zero attached hydrogens (tertiary/aromatic N) is 3. The minimum atomic E-state index is -0.591. The highest BCUT2D eigenvalue weighted by molar-refractivity contribution is 5.79. The first-order chi connectivity index (χ1) is 14.1. The van der Waals surface area contributed by atoms with Gasteiger partial charge in [0.05, 0.1) is 24.1 Å². The van der Waals surface area contributed by atoms with Crippen LogP contribution in [0.15, 0.2) is 41.3 Å². The molecule has 6 nitrogen and oxygen atoms in total. The average molecular weight is 391 g/mol. The number of aryl methyl sites for hydroxylation is 1. The number of hydrogen-bond acceptors (Lipinski definition) is 5. The van der Waals surface area contributed by atoms with Crippen molar-refractivity contribution in [2.75, 3.05) is 13.2 Å². The number of rotatable bonds is 0. The molecule has 3 aromatic rings. The largest absolute Gasteiger partial charge is 0.347 e. The topological polar surface area (TPSA) is 66.2 Å². The van der Waals surface area contributed by atoms with Crippen LogP contribution in [-0.4, -0.2) is 33.5 Å². The molecule has 5 rings (SSSR count). The van der Waals surface area contributed by atoms with Crippen molar-refractivity contribution in [2.45, 2.75) is 31.6 Å². The van der Waals surface area contributed by atoms with Gasteiger partial charge in [-0.1, -0.05) is 11.8 Å². The number of ether oxygens (including phenoxy) is 2. The van der Waals surface area contributed by atoms with Crippen LogP contribution < -0.4 is 5.56 Å². The summed E-state index contributed by atoms with van der Waals surface area (Å²) >= 11 is 0. The molecule has 0 atom stereocenters. The summed E-state index contributed by atoms with van der Waals surface area (Å²) < 4.78 is 26.3. The predicted octanol–water partition coefficient (Wildman–Crippen LogP) is 2.41. The van der Waals surface area contributed by atoms with E-state index in [1.807, 2.05) is 6.07 Å². The third kappa shape index (κ3) is 3.41. The smallest absolute Gasteiger partial charge is 0.261 e. The number of fused-ring (bicyclic) bond motifs is 2.